The van der Waals surface area contributed by atoms with Crippen molar-refractivity contribution in [3.8, 4) is 0 Å². The maximum absolute atomic E-state index is 13.3. The van der Waals surface area contributed by atoms with E-state index in [0.717, 1.165) is 19.4 Å². The van der Waals surface area contributed by atoms with Crippen LogP contribution in [0, 0.1) is 17.7 Å². The second-order valence-corrected chi connectivity index (χ2v) is 7.56. The molecule has 0 unspecified atom stereocenters. The first-order valence-corrected chi connectivity index (χ1v) is 9.22. The zero-order valence-electron chi connectivity index (χ0n) is 14.3. The molecule has 1 N–H and O–H groups in total. The van der Waals surface area contributed by atoms with Crippen LogP contribution in [-0.2, 0) is 4.79 Å². The van der Waals surface area contributed by atoms with Crippen LogP contribution in [0.2, 0.25) is 0 Å². The molecule has 6 heteroatoms. The molecule has 0 radical (unpaired) electrons. The Bertz CT molecular complexity index is 676. The number of carbonyl (C=O) groups is 2. The Kier molecular flexibility index (Phi) is 4.36. The largest absolute Gasteiger partial charge is 0.337 e. The lowest BCUT2D eigenvalue weighted by Gasteiger charge is -2.40. The van der Waals surface area contributed by atoms with Gasteiger partial charge in [-0.05, 0) is 49.8 Å². The fraction of sp³-hybridized carbons (Fsp3) is 0.579. The average molecular weight is 345 g/mol. The van der Waals surface area contributed by atoms with E-state index in [0.29, 0.717) is 24.7 Å². The van der Waals surface area contributed by atoms with Gasteiger partial charge in [0.2, 0.25) is 5.91 Å². The molecule has 2 atom stereocenters. The third-order valence-corrected chi connectivity index (χ3v) is 5.84. The normalized spacial score (nSPS) is 26.4. The van der Waals surface area contributed by atoms with Gasteiger partial charge in [0.25, 0.3) is 0 Å². The summed E-state index contributed by atoms with van der Waals surface area (Å²) < 4.78 is 13.3. The smallest absolute Gasteiger partial charge is 0.321 e. The monoisotopic (exact) mass is 345 g/mol. The van der Waals surface area contributed by atoms with Crippen molar-refractivity contribution in [1.82, 2.24) is 9.80 Å². The summed E-state index contributed by atoms with van der Waals surface area (Å²) >= 11 is 0. The van der Waals surface area contributed by atoms with Gasteiger partial charge in [0, 0.05) is 31.4 Å². The van der Waals surface area contributed by atoms with Crippen LogP contribution in [0.5, 0.6) is 0 Å². The summed E-state index contributed by atoms with van der Waals surface area (Å²) in [6.45, 7) is 1.87. The molecule has 3 aliphatic heterocycles. The van der Waals surface area contributed by atoms with Crippen LogP contribution in [0.4, 0.5) is 14.9 Å². The van der Waals surface area contributed by atoms with Gasteiger partial charge in [-0.1, -0.05) is 12.5 Å². The van der Waals surface area contributed by atoms with Gasteiger partial charge in [-0.25, -0.2) is 9.18 Å². The van der Waals surface area contributed by atoms with E-state index in [1.807, 2.05) is 4.90 Å². The Morgan fingerprint density at radius 1 is 1.20 bits per heavy atom. The molecule has 1 saturated carbocycles. The number of amides is 3. The molecule has 3 saturated heterocycles. The van der Waals surface area contributed by atoms with Crippen LogP contribution in [0.15, 0.2) is 24.3 Å². The zero-order valence-corrected chi connectivity index (χ0v) is 14.3. The zero-order chi connectivity index (χ0) is 17.4. The van der Waals surface area contributed by atoms with Crippen molar-refractivity contribution >= 4 is 17.6 Å². The molecule has 25 heavy (non-hydrogen) atoms. The summed E-state index contributed by atoms with van der Waals surface area (Å²) in [5.41, 5.74) is 0.444. The predicted octanol–water partition coefficient (Wildman–Crippen LogP) is 3.08. The first-order chi connectivity index (χ1) is 12.1. The fourth-order valence-corrected chi connectivity index (χ4v) is 4.17. The molecular weight excluding hydrogens is 321 g/mol. The summed E-state index contributed by atoms with van der Waals surface area (Å²) in [6, 6.07) is 5.76. The number of carbonyl (C=O) groups excluding carboxylic acids is 2. The van der Waals surface area contributed by atoms with Crippen molar-refractivity contribution in [3.05, 3.63) is 30.1 Å². The molecule has 0 spiro atoms. The number of nitrogens with zero attached hydrogens (tertiary/aromatic N) is 2. The van der Waals surface area contributed by atoms with Crippen LogP contribution in [0.25, 0.3) is 0 Å². The number of piperidine rings is 1. The van der Waals surface area contributed by atoms with Crippen LogP contribution in [0.1, 0.15) is 32.1 Å². The molecule has 4 fully saturated rings. The lowest BCUT2D eigenvalue weighted by molar-refractivity contribution is -0.141. The van der Waals surface area contributed by atoms with E-state index in [1.165, 1.54) is 31.4 Å². The van der Waals surface area contributed by atoms with E-state index in [9.17, 15) is 14.0 Å². The Hall–Kier alpha value is -2.11. The van der Waals surface area contributed by atoms with Crippen molar-refractivity contribution in [3.63, 3.8) is 0 Å². The van der Waals surface area contributed by atoms with E-state index in [2.05, 4.69) is 5.32 Å². The minimum atomic E-state index is -0.379. The highest BCUT2D eigenvalue weighted by molar-refractivity contribution is 5.90. The first kappa shape index (κ1) is 16.4. The molecule has 4 aliphatic rings. The molecule has 5 nitrogen and oxygen atoms in total. The fourth-order valence-electron chi connectivity index (χ4n) is 4.17. The summed E-state index contributed by atoms with van der Waals surface area (Å²) in [5, 5.41) is 2.76. The van der Waals surface area contributed by atoms with Crippen molar-refractivity contribution in [2.24, 2.45) is 11.8 Å². The Morgan fingerprint density at radius 3 is 2.76 bits per heavy atom. The number of hydrogen-bond acceptors (Lipinski definition) is 2. The maximum Gasteiger partial charge on any atom is 0.321 e. The molecule has 1 aromatic rings. The van der Waals surface area contributed by atoms with Crippen molar-refractivity contribution < 1.29 is 14.0 Å². The van der Waals surface area contributed by atoms with Crippen molar-refractivity contribution in [2.45, 2.75) is 38.1 Å². The van der Waals surface area contributed by atoms with Crippen LogP contribution >= 0.6 is 0 Å². The topological polar surface area (TPSA) is 52.7 Å². The number of halogens is 1. The molecule has 3 heterocycles. The van der Waals surface area contributed by atoms with Gasteiger partial charge in [-0.3, -0.25) is 4.79 Å². The van der Waals surface area contributed by atoms with Gasteiger partial charge in [0.15, 0.2) is 0 Å². The average Bonchev–Trinajstić information content (AvgIpc) is 2.83. The van der Waals surface area contributed by atoms with E-state index < -0.39 is 0 Å². The van der Waals surface area contributed by atoms with Gasteiger partial charge < -0.3 is 15.1 Å². The third-order valence-electron chi connectivity index (χ3n) is 5.84. The number of anilines is 1. The SMILES string of the molecule is O=C(Nc1cccc(F)c1)N1C[C@@H]2CC[C@H](C1)N(CC1CCC1)C2=O. The van der Waals surface area contributed by atoms with Crippen molar-refractivity contribution in [1.29, 1.82) is 0 Å². The second-order valence-electron chi connectivity index (χ2n) is 7.56. The summed E-state index contributed by atoms with van der Waals surface area (Å²) in [4.78, 5) is 29.2. The summed E-state index contributed by atoms with van der Waals surface area (Å²) in [5.74, 6) is 0.370. The van der Waals surface area contributed by atoms with Gasteiger partial charge in [-0.15, -0.1) is 0 Å². The molecular formula is C19H24FN3O2. The van der Waals surface area contributed by atoms with Crippen LogP contribution in [-0.4, -0.2) is 47.4 Å². The predicted molar refractivity (Wildman–Crippen MR) is 92.6 cm³/mol. The minimum Gasteiger partial charge on any atom is -0.337 e. The van der Waals surface area contributed by atoms with E-state index in [-0.39, 0.29) is 29.7 Å². The molecule has 5 rings (SSSR count). The summed E-state index contributed by atoms with van der Waals surface area (Å²) in [6.07, 6.45) is 5.51. The number of hydrogen-bond donors (Lipinski definition) is 1. The highest BCUT2D eigenvalue weighted by Crippen LogP contribution is 2.34. The molecule has 0 aromatic heterocycles. The number of urea groups is 1. The Labute approximate surface area is 147 Å². The number of benzene rings is 1. The Morgan fingerprint density at radius 2 is 2.04 bits per heavy atom. The maximum atomic E-state index is 13.3. The van der Waals surface area contributed by atoms with E-state index >= 15 is 0 Å². The third kappa shape index (κ3) is 3.34. The molecule has 1 aromatic carbocycles. The number of fused-ring (bicyclic) bond motifs is 4. The van der Waals surface area contributed by atoms with E-state index in [4.69, 9.17) is 0 Å². The second kappa shape index (κ2) is 6.65. The number of nitrogens with one attached hydrogen (secondary N) is 1. The summed E-state index contributed by atoms with van der Waals surface area (Å²) in [7, 11) is 0. The van der Waals surface area contributed by atoms with Gasteiger partial charge >= 0.3 is 6.03 Å². The van der Waals surface area contributed by atoms with Crippen LogP contribution in [0.3, 0.4) is 0 Å². The molecule has 1 aliphatic carbocycles. The van der Waals surface area contributed by atoms with Crippen LogP contribution < -0.4 is 5.32 Å². The first-order valence-electron chi connectivity index (χ1n) is 9.22. The standard InChI is InChI=1S/C19H24FN3O2/c20-15-5-2-6-16(9-15)21-19(25)22-11-14-7-8-17(12-22)23(18(14)24)10-13-3-1-4-13/h2,5-6,9,13-14,17H,1,3-4,7-8,10-12H2,(H,21,25)/t14-,17+/m0/s1. The highest BCUT2D eigenvalue weighted by Gasteiger charge is 2.42. The van der Waals surface area contributed by atoms with Crippen molar-refractivity contribution in [2.75, 3.05) is 25.0 Å². The van der Waals surface area contributed by atoms with E-state index in [1.54, 1.807) is 17.0 Å². The molecule has 134 valence electrons. The highest BCUT2D eigenvalue weighted by atomic mass is 19.1. The lowest BCUT2D eigenvalue weighted by atomic mass is 9.83. The molecule has 3 amide bonds. The Balaban J connectivity index is 1.45. The quantitative estimate of drug-likeness (QED) is 0.915. The van der Waals surface area contributed by atoms with Gasteiger partial charge in [-0.2, -0.15) is 0 Å². The minimum absolute atomic E-state index is 0.0999. The molecule has 2 bridgehead atoms. The lowest BCUT2D eigenvalue weighted by Crippen LogP contribution is -2.50. The van der Waals surface area contributed by atoms with Gasteiger partial charge in [0.05, 0.1) is 5.92 Å². The number of rotatable bonds is 3. The van der Waals surface area contributed by atoms with Gasteiger partial charge in [0.1, 0.15) is 5.82 Å².